The van der Waals surface area contributed by atoms with Gasteiger partial charge < -0.3 is 20.4 Å². The number of imidazole rings is 1. The highest BCUT2D eigenvalue weighted by atomic mass is 35.5. The molecule has 0 unspecified atom stereocenters. The Bertz CT molecular complexity index is 1660. The lowest BCUT2D eigenvalue weighted by Crippen LogP contribution is -2.39. The van der Waals surface area contributed by atoms with Crippen LogP contribution in [0.25, 0.3) is 22.6 Å². The first-order valence-corrected chi connectivity index (χ1v) is 13.5. The molecule has 0 radical (unpaired) electrons. The second kappa shape index (κ2) is 13.1. The van der Waals surface area contributed by atoms with Gasteiger partial charge >= 0.3 is 12.1 Å². The topological polar surface area (TPSA) is 163 Å². The number of aromatic nitrogens is 6. The van der Waals surface area contributed by atoms with Crippen molar-refractivity contribution in [2.75, 3.05) is 12.4 Å². The molecule has 0 aliphatic rings. The minimum absolute atomic E-state index is 0.157. The van der Waals surface area contributed by atoms with Gasteiger partial charge in [-0.2, -0.15) is 5.21 Å². The molecule has 0 aliphatic heterocycles. The second-order valence-corrected chi connectivity index (χ2v) is 9.90. The predicted molar refractivity (Wildman–Crippen MR) is 158 cm³/mol. The largest absolute Gasteiger partial charge is 0.453 e. The lowest BCUT2D eigenvalue weighted by Gasteiger charge is -2.18. The van der Waals surface area contributed by atoms with Crippen molar-refractivity contribution < 1.29 is 14.3 Å². The number of tetrazole rings is 1. The Morgan fingerprint density at radius 2 is 1.81 bits per heavy atom. The molecule has 1 atom stereocenters. The fourth-order valence-corrected chi connectivity index (χ4v) is 4.70. The number of urea groups is 1. The van der Waals surface area contributed by atoms with E-state index in [0.29, 0.717) is 50.8 Å². The molecule has 214 valence electrons. The van der Waals surface area contributed by atoms with Crippen molar-refractivity contribution in [3.05, 3.63) is 99.9 Å². The molecule has 0 fully saturated rings. The molecule has 0 aliphatic carbocycles. The lowest BCUT2D eigenvalue weighted by molar-refractivity contribution is 0.187. The van der Waals surface area contributed by atoms with Gasteiger partial charge in [-0.3, -0.25) is 5.32 Å². The summed E-state index contributed by atoms with van der Waals surface area (Å²) < 4.78 is 4.63. The molecular weight excluding hydrogens is 581 g/mol. The van der Waals surface area contributed by atoms with Crippen LogP contribution >= 0.6 is 23.2 Å². The number of ether oxygens (including phenoxy) is 1. The van der Waals surface area contributed by atoms with Crippen LogP contribution in [0, 0.1) is 0 Å². The van der Waals surface area contributed by atoms with Crippen LogP contribution in [0.1, 0.15) is 23.0 Å². The molecule has 0 spiro atoms. The molecule has 14 heteroatoms. The van der Waals surface area contributed by atoms with Crippen molar-refractivity contribution in [1.29, 1.82) is 0 Å². The molecule has 3 amide bonds. The van der Waals surface area contributed by atoms with Gasteiger partial charge in [-0.15, -0.1) is 10.2 Å². The number of anilines is 1. The summed E-state index contributed by atoms with van der Waals surface area (Å²) in [6.45, 7) is 0.157. The van der Waals surface area contributed by atoms with Crippen LogP contribution < -0.4 is 16.0 Å². The van der Waals surface area contributed by atoms with Crippen LogP contribution in [0.5, 0.6) is 0 Å². The van der Waals surface area contributed by atoms with Gasteiger partial charge in [0.1, 0.15) is 16.7 Å². The maximum absolute atomic E-state index is 13.2. The second-order valence-electron chi connectivity index (χ2n) is 9.08. The highest BCUT2D eigenvalue weighted by Gasteiger charge is 2.22. The number of H-pyrrole nitrogens is 2. The zero-order valence-corrected chi connectivity index (χ0v) is 23.7. The SMILES string of the molecule is COC(=O)Nc1ccc(-c2nc([C@H](Cc3ccccc3)NC(=O)NCc3cc(Cl)ccc3-c3nn[nH]n3)[nH]c2Cl)cc1. The first-order valence-electron chi connectivity index (χ1n) is 12.7. The summed E-state index contributed by atoms with van der Waals surface area (Å²) in [6, 6.07) is 20.9. The summed E-state index contributed by atoms with van der Waals surface area (Å²) >= 11 is 12.8. The fourth-order valence-electron chi connectivity index (χ4n) is 4.26. The Kier molecular flexibility index (Phi) is 8.95. The van der Waals surface area contributed by atoms with Crippen molar-refractivity contribution in [1.82, 2.24) is 41.2 Å². The zero-order valence-electron chi connectivity index (χ0n) is 22.2. The van der Waals surface area contributed by atoms with Gasteiger partial charge in [0.05, 0.1) is 13.2 Å². The van der Waals surface area contributed by atoms with Crippen LogP contribution in [0.2, 0.25) is 10.2 Å². The molecule has 2 aromatic heterocycles. The minimum Gasteiger partial charge on any atom is -0.453 e. The standard InChI is InChI=1S/C28H25Cl2N9O3/c1-42-28(41)32-20-10-7-17(8-11-20)23-24(30)35-26(34-23)22(13-16-5-3-2-4-6-16)33-27(40)31-15-18-14-19(29)9-12-21(18)25-36-38-39-37-25/h2-12,14,22H,13,15H2,1H3,(H,32,41)(H,34,35)(H2,31,33,40)(H,36,37,38,39)/t22-/m0/s1. The third-order valence-electron chi connectivity index (χ3n) is 6.28. The maximum Gasteiger partial charge on any atom is 0.411 e. The number of hydrogen-bond acceptors (Lipinski definition) is 7. The van der Waals surface area contributed by atoms with Gasteiger partial charge in [-0.05, 0) is 53.1 Å². The van der Waals surface area contributed by atoms with Crippen LogP contribution in [0.15, 0.2) is 72.8 Å². The Morgan fingerprint density at radius 3 is 2.52 bits per heavy atom. The Balaban J connectivity index is 1.34. The zero-order chi connectivity index (χ0) is 29.5. The molecule has 12 nitrogen and oxygen atoms in total. The van der Waals surface area contributed by atoms with Gasteiger partial charge in [0.25, 0.3) is 0 Å². The van der Waals surface area contributed by atoms with E-state index in [9.17, 15) is 9.59 Å². The lowest BCUT2D eigenvalue weighted by atomic mass is 10.1. The van der Waals surface area contributed by atoms with Gasteiger partial charge in [-0.25, -0.2) is 14.6 Å². The van der Waals surface area contributed by atoms with Crippen LogP contribution in [0.4, 0.5) is 15.3 Å². The van der Waals surface area contributed by atoms with Crippen LogP contribution in [-0.2, 0) is 17.7 Å². The summed E-state index contributed by atoms with van der Waals surface area (Å²) in [5.41, 5.74) is 4.16. The van der Waals surface area contributed by atoms with E-state index < -0.39 is 18.2 Å². The number of benzene rings is 3. The van der Waals surface area contributed by atoms with E-state index in [2.05, 4.69) is 46.3 Å². The molecule has 5 N–H and O–H groups in total. The third kappa shape index (κ3) is 7.03. The van der Waals surface area contributed by atoms with Gasteiger partial charge in [0, 0.05) is 28.4 Å². The number of hydrogen-bond donors (Lipinski definition) is 5. The summed E-state index contributed by atoms with van der Waals surface area (Å²) in [7, 11) is 1.29. The van der Waals surface area contributed by atoms with Crippen molar-refractivity contribution in [3.8, 4) is 22.6 Å². The number of nitrogens with one attached hydrogen (secondary N) is 5. The molecule has 3 aromatic carbocycles. The average molecular weight is 606 g/mol. The fraction of sp³-hybridized carbons (Fsp3) is 0.143. The third-order valence-corrected chi connectivity index (χ3v) is 6.79. The number of amides is 3. The first kappa shape index (κ1) is 28.6. The van der Waals surface area contributed by atoms with Crippen LogP contribution in [0.3, 0.4) is 0 Å². The summed E-state index contributed by atoms with van der Waals surface area (Å²) in [4.78, 5) is 32.5. The monoisotopic (exact) mass is 605 g/mol. The molecule has 0 bridgehead atoms. The van der Waals surface area contributed by atoms with Crippen LogP contribution in [-0.4, -0.2) is 49.8 Å². The van der Waals surface area contributed by atoms with E-state index in [-0.39, 0.29) is 6.54 Å². The number of aromatic amines is 2. The molecule has 0 saturated heterocycles. The predicted octanol–water partition coefficient (Wildman–Crippen LogP) is 5.53. The number of rotatable bonds is 9. The normalized spacial score (nSPS) is 11.5. The van der Waals surface area contributed by atoms with E-state index in [1.807, 2.05) is 30.3 Å². The number of halogens is 2. The van der Waals surface area contributed by atoms with Gasteiger partial charge in [-0.1, -0.05) is 65.7 Å². The summed E-state index contributed by atoms with van der Waals surface area (Å²) in [5, 5.41) is 23.4. The molecule has 42 heavy (non-hydrogen) atoms. The Labute approximate surface area is 250 Å². The van der Waals surface area contributed by atoms with E-state index in [0.717, 1.165) is 11.1 Å². The molecule has 0 saturated carbocycles. The average Bonchev–Trinajstić information content (AvgIpc) is 3.67. The van der Waals surface area contributed by atoms with Gasteiger partial charge in [0.2, 0.25) is 5.82 Å². The van der Waals surface area contributed by atoms with E-state index in [1.165, 1.54) is 7.11 Å². The minimum atomic E-state index is -0.572. The smallest absolute Gasteiger partial charge is 0.411 e. The Morgan fingerprint density at radius 1 is 1.02 bits per heavy atom. The summed E-state index contributed by atoms with van der Waals surface area (Å²) in [5.74, 6) is 0.860. The van der Waals surface area contributed by atoms with E-state index in [4.69, 9.17) is 28.2 Å². The Hall–Kier alpha value is -4.94. The number of carbonyl (C=O) groups excluding carboxylic acids is 2. The van der Waals surface area contributed by atoms with Gasteiger partial charge in [0.15, 0.2) is 0 Å². The van der Waals surface area contributed by atoms with Crippen molar-refractivity contribution in [2.45, 2.75) is 19.0 Å². The molecule has 5 aromatic rings. The maximum atomic E-state index is 13.2. The van der Waals surface area contributed by atoms with Crippen molar-refractivity contribution in [2.24, 2.45) is 0 Å². The van der Waals surface area contributed by atoms with Crippen molar-refractivity contribution in [3.63, 3.8) is 0 Å². The summed E-state index contributed by atoms with van der Waals surface area (Å²) in [6.07, 6.45) is -0.123. The van der Waals surface area contributed by atoms with Crippen molar-refractivity contribution >= 4 is 41.0 Å². The first-order chi connectivity index (χ1) is 20.4. The highest BCUT2D eigenvalue weighted by molar-refractivity contribution is 6.32. The van der Waals surface area contributed by atoms with E-state index in [1.54, 1.807) is 42.5 Å². The molecule has 2 heterocycles. The number of nitrogens with zero attached hydrogens (tertiary/aromatic N) is 4. The quantitative estimate of drug-likeness (QED) is 0.147. The van der Waals surface area contributed by atoms with E-state index >= 15 is 0 Å². The molecular formula is C28H25Cl2N9O3. The number of carbonyl (C=O) groups is 2. The highest BCUT2D eigenvalue weighted by Crippen LogP contribution is 2.30. The molecule has 5 rings (SSSR count). The number of methoxy groups -OCH3 is 1.